The first-order chi connectivity index (χ1) is 9.40. The Morgan fingerprint density at radius 2 is 1.75 bits per heavy atom. The van der Waals surface area contributed by atoms with Crippen molar-refractivity contribution in [2.24, 2.45) is 7.05 Å². The predicted octanol–water partition coefficient (Wildman–Crippen LogP) is 0.989. The summed E-state index contributed by atoms with van der Waals surface area (Å²) in [6.07, 6.45) is 0. The van der Waals surface area contributed by atoms with E-state index in [9.17, 15) is 9.59 Å². The van der Waals surface area contributed by atoms with Gasteiger partial charge in [0.15, 0.2) is 5.78 Å². The van der Waals surface area contributed by atoms with Gasteiger partial charge in [0.2, 0.25) is 5.91 Å². The van der Waals surface area contributed by atoms with Crippen molar-refractivity contribution in [3.63, 3.8) is 0 Å². The van der Waals surface area contributed by atoms with Gasteiger partial charge in [0.25, 0.3) is 0 Å². The molecule has 0 radical (unpaired) electrons. The maximum Gasteiger partial charge on any atom is 0.219 e. The Kier molecular flexibility index (Phi) is 4.28. The molecule has 1 saturated heterocycles. The molecule has 0 aliphatic carbocycles. The largest absolute Gasteiger partial charge is 0.351 e. The monoisotopic (exact) mass is 277 g/mol. The Morgan fingerprint density at radius 3 is 2.20 bits per heavy atom. The summed E-state index contributed by atoms with van der Waals surface area (Å²) in [7, 11) is 1.98. The summed E-state index contributed by atoms with van der Waals surface area (Å²) in [4.78, 5) is 27.6. The van der Waals surface area contributed by atoms with E-state index in [0.29, 0.717) is 6.54 Å². The van der Waals surface area contributed by atoms with Gasteiger partial charge >= 0.3 is 0 Å². The second kappa shape index (κ2) is 5.79. The van der Waals surface area contributed by atoms with Crippen LogP contribution in [-0.4, -0.2) is 58.8 Å². The normalized spacial score (nSPS) is 16.5. The Bertz CT molecular complexity index is 525. The van der Waals surface area contributed by atoms with Crippen molar-refractivity contribution >= 4 is 11.7 Å². The molecule has 0 aromatic carbocycles. The minimum Gasteiger partial charge on any atom is -0.351 e. The van der Waals surface area contributed by atoms with Crippen LogP contribution in [0.25, 0.3) is 0 Å². The average Bonchev–Trinajstić information content (AvgIpc) is 2.67. The molecule has 1 aliphatic rings. The zero-order chi connectivity index (χ0) is 14.9. The van der Waals surface area contributed by atoms with E-state index < -0.39 is 0 Å². The van der Waals surface area contributed by atoms with Gasteiger partial charge < -0.3 is 9.47 Å². The number of aromatic nitrogens is 1. The predicted molar refractivity (Wildman–Crippen MR) is 77.9 cm³/mol. The summed E-state index contributed by atoms with van der Waals surface area (Å²) >= 11 is 0. The first-order valence-corrected chi connectivity index (χ1v) is 7.04. The third kappa shape index (κ3) is 2.93. The zero-order valence-electron chi connectivity index (χ0n) is 12.8. The molecule has 0 unspecified atom stereocenters. The smallest absolute Gasteiger partial charge is 0.219 e. The van der Waals surface area contributed by atoms with Gasteiger partial charge in [0, 0.05) is 57.1 Å². The number of rotatable bonds is 3. The fourth-order valence-electron chi connectivity index (χ4n) is 2.65. The second-order valence-corrected chi connectivity index (χ2v) is 5.55. The first-order valence-electron chi connectivity index (χ1n) is 7.04. The minimum absolute atomic E-state index is 0.116. The molecule has 0 spiro atoms. The number of amides is 1. The highest BCUT2D eigenvalue weighted by molar-refractivity contribution is 5.99. The molecular formula is C15H23N3O2. The van der Waals surface area contributed by atoms with Crippen molar-refractivity contribution in [3.05, 3.63) is 23.0 Å². The summed E-state index contributed by atoms with van der Waals surface area (Å²) in [5.74, 6) is 0.285. The van der Waals surface area contributed by atoms with Gasteiger partial charge in [-0.25, -0.2) is 0 Å². The molecule has 110 valence electrons. The maximum absolute atomic E-state index is 12.4. The third-order valence-corrected chi connectivity index (χ3v) is 4.26. The fourth-order valence-corrected chi connectivity index (χ4v) is 2.65. The van der Waals surface area contributed by atoms with Crippen LogP contribution in [-0.2, 0) is 11.8 Å². The molecule has 1 amide bonds. The van der Waals surface area contributed by atoms with Crippen LogP contribution in [0.4, 0.5) is 0 Å². The van der Waals surface area contributed by atoms with Gasteiger partial charge in [-0.3, -0.25) is 14.5 Å². The second-order valence-electron chi connectivity index (χ2n) is 5.55. The van der Waals surface area contributed by atoms with Crippen LogP contribution in [0.2, 0.25) is 0 Å². The van der Waals surface area contributed by atoms with Gasteiger partial charge in [0.1, 0.15) is 0 Å². The number of hydrogen-bond acceptors (Lipinski definition) is 3. The molecule has 1 aromatic heterocycles. The average molecular weight is 277 g/mol. The Labute approximate surface area is 120 Å². The molecule has 0 saturated carbocycles. The van der Waals surface area contributed by atoms with Crippen molar-refractivity contribution < 1.29 is 9.59 Å². The van der Waals surface area contributed by atoms with Crippen LogP contribution in [0.3, 0.4) is 0 Å². The lowest BCUT2D eigenvalue weighted by Gasteiger charge is -2.33. The van der Waals surface area contributed by atoms with Gasteiger partial charge in [-0.15, -0.1) is 0 Å². The summed E-state index contributed by atoms with van der Waals surface area (Å²) in [6, 6.07) is 1.96. The topological polar surface area (TPSA) is 45.6 Å². The highest BCUT2D eigenvalue weighted by Gasteiger charge is 2.22. The molecule has 1 fully saturated rings. The van der Waals surface area contributed by atoms with Gasteiger partial charge in [-0.05, 0) is 19.9 Å². The summed E-state index contributed by atoms with van der Waals surface area (Å²) in [5, 5.41) is 0. The highest BCUT2D eigenvalue weighted by atomic mass is 16.2. The van der Waals surface area contributed by atoms with Gasteiger partial charge in [-0.2, -0.15) is 0 Å². The number of hydrogen-bond donors (Lipinski definition) is 0. The molecule has 2 heterocycles. The molecule has 0 atom stereocenters. The maximum atomic E-state index is 12.4. The molecule has 5 nitrogen and oxygen atoms in total. The van der Waals surface area contributed by atoms with E-state index in [4.69, 9.17) is 0 Å². The van der Waals surface area contributed by atoms with E-state index in [2.05, 4.69) is 4.90 Å². The highest BCUT2D eigenvalue weighted by Crippen LogP contribution is 2.15. The van der Waals surface area contributed by atoms with Crippen LogP contribution >= 0.6 is 0 Å². The minimum atomic E-state index is 0.116. The van der Waals surface area contributed by atoms with Crippen molar-refractivity contribution in [3.8, 4) is 0 Å². The Hall–Kier alpha value is -1.62. The fraction of sp³-hybridized carbons (Fsp3) is 0.600. The van der Waals surface area contributed by atoms with E-state index in [1.807, 2.05) is 36.4 Å². The Morgan fingerprint density at radius 1 is 1.15 bits per heavy atom. The van der Waals surface area contributed by atoms with Crippen LogP contribution in [0.1, 0.15) is 28.7 Å². The summed E-state index contributed by atoms with van der Waals surface area (Å²) in [6.45, 7) is 9.01. The van der Waals surface area contributed by atoms with Crippen molar-refractivity contribution in [1.82, 2.24) is 14.4 Å². The Balaban J connectivity index is 1.96. The molecular weight excluding hydrogens is 254 g/mol. The molecule has 0 N–H and O–H groups in total. The standard InChI is InChI=1S/C15H23N3O2/c1-11-9-14(12(2)16(11)4)15(20)10-17-5-7-18(8-6-17)13(3)19/h9H,5-8,10H2,1-4H3. The number of carbonyl (C=O) groups excluding carboxylic acids is 2. The number of aryl methyl sites for hydroxylation is 1. The molecule has 0 bridgehead atoms. The zero-order valence-corrected chi connectivity index (χ0v) is 12.8. The SMILES string of the molecule is CC(=O)N1CCN(CC(=O)c2cc(C)n(C)c2C)CC1. The third-order valence-electron chi connectivity index (χ3n) is 4.26. The first kappa shape index (κ1) is 14.8. The number of carbonyl (C=O) groups is 2. The van der Waals surface area contributed by atoms with E-state index in [0.717, 1.165) is 43.1 Å². The van der Waals surface area contributed by atoms with Crippen LogP contribution < -0.4 is 0 Å². The van der Waals surface area contributed by atoms with Crippen LogP contribution in [0.5, 0.6) is 0 Å². The van der Waals surface area contributed by atoms with Crippen LogP contribution in [0.15, 0.2) is 6.07 Å². The molecule has 20 heavy (non-hydrogen) atoms. The summed E-state index contributed by atoms with van der Waals surface area (Å²) < 4.78 is 2.04. The van der Waals surface area contributed by atoms with Crippen LogP contribution in [0, 0.1) is 13.8 Å². The van der Waals surface area contributed by atoms with E-state index in [1.54, 1.807) is 6.92 Å². The molecule has 1 aliphatic heterocycles. The van der Waals surface area contributed by atoms with Gasteiger partial charge in [-0.1, -0.05) is 0 Å². The van der Waals surface area contributed by atoms with Crippen molar-refractivity contribution in [2.45, 2.75) is 20.8 Å². The van der Waals surface area contributed by atoms with Crippen molar-refractivity contribution in [1.29, 1.82) is 0 Å². The number of nitrogens with zero attached hydrogens (tertiary/aromatic N) is 3. The van der Waals surface area contributed by atoms with E-state index in [-0.39, 0.29) is 11.7 Å². The van der Waals surface area contributed by atoms with E-state index >= 15 is 0 Å². The van der Waals surface area contributed by atoms with Crippen molar-refractivity contribution in [2.75, 3.05) is 32.7 Å². The number of piperazine rings is 1. The lowest BCUT2D eigenvalue weighted by molar-refractivity contribution is -0.130. The number of Topliss-reactive ketones (excluding diaryl/α,β-unsaturated/α-hetero) is 1. The molecule has 2 rings (SSSR count). The van der Waals surface area contributed by atoms with Gasteiger partial charge in [0.05, 0.1) is 6.54 Å². The number of ketones is 1. The van der Waals surface area contributed by atoms with E-state index in [1.165, 1.54) is 0 Å². The quantitative estimate of drug-likeness (QED) is 0.774. The lowest BCUT2D eigenvalue weighted by atomic mass is 10.1. The lowest BCUT2D eigenvalue weighted by Crippen LogP contribution is -2.49. The summed E-state index contributed by atoms with van der Waals surface area (Å²) in [5.41, 5.74) is 2.95. The molecule has 5 heteroatoms. The molecule has 1 aromatic rings.